The van der Waals surface area contributed by atoms with Crippen LogP contribution < -0.4 is 15.0 Å². The smallest absolute Gasteiger partial charge is 0.253 e. The second-order valence-electron chi connectivity index (χ2n) is 4.60. The number of rotatable bonds is 5. The van der Waals surface area contributed by atoms with Crippen molar-refractivity contribution in [2.45, 2.75) is 6.54 Å². The number of benzene rings is 1. The lowest BCUT2D eigenvalue weighted by Crippen LogP contribution is -2.19. The largest absolute Gasteiger partial charge is 0.493 e. The van der Waals surface area contributed by atoms with Gasteiger partial charge in [0.1, 0.15) is 6.54 Å². The van der Waals surface area contributed by atoms with Gasteiger partial charge in [-0.1, -0.05) is 11.2 Å². The Bertz CT molecular complexity index is 872. The molecule has 0 aliphatic carbocycles. The van der Waals surface area contributed by atoms with E-state index in [4.69, 9.17) is 14.0 Å². The third-order valence-electron chi connectivity index (χ3n) is 3.21. The summed E-state index contributed by atoms with van der Waals surface area (Å²) in [7, 11) is 3.09. The van der Waals surface area contributed by atoms with E-state index in [1.807, 2.05) is 0 Å². The van der Waals surface area contributed by atoms with E-state index in [1.165, 1.54) is 30.3 Å². The number of para-hydroxylation sites is 1. The summed E-state index contributed by atoms with van der Waals surface area (Å²) in [6, 6.07) is 6.74. The summed E-state index contributed by atoms with van der Waals surface area (Å²) in [5, 5.41) is 3.94. The van der Waals surface area contributed by atoms with Crippen molar-refractivity contribution in [2.75, 3.05) is 14.2 Å². The van der Waals surface area contributed by atoms with Gasteiger partial charge < -0.3 is 14.0 Å². The van der Waals surface area contributed by atoms with Crippen LogP contribution >= 0.6 is 0 Å². The molecule has 0 spiro atoms. The molecule has 0 bridgehead atoms. The van der Waals surface area contributed by atoms with Crippen LogP contribution in [0.4, 0.5) is 0 Å². The van der Waals surface area contributed by atoms with Gasteiger partial charge in [0.25, 0.3) is 5.56 Å². The van der Waals surface area contributed by atoms with Gasteiger partial charge in [-0.05, 0) is 12.1 Å². The Morgan fingerprint density at radius 2 is 2.09 bits per heavy atom. The Labute approximate surface area is 131 Å². The number of methoxy groups -OCH3 is 2. The van der Waals surface area contributed by atoms with Crippen LogP contribution in [0.5, 0.6) is 11.5 Å². The van der Waals surface area contributed by atoms with E-state index in [2.05, 4.69) is 15.1 Å². The number of ether oxygens (including phenoxy) is 2. The molecule has 0 saturated heterocycles. The maximum atomic E-state index is 11.7. The fourth-order valence-electron chi connectivity index (χ4n) is 2.13. The molecule has 0 aliphatic rings. The van der Waals surface area contributed by atoms with Crippen molar-refractivity contribution in [2.24, 2.45) is 0 Å². The predicted octanol–water partition coefficient (Wildman–Crippen LogP) is 1.36. The Balaban J connectivity index is 1.94. The molecule has 3 rings (SSSR count). The first-order valence-corrected chi connectivity index (χ1v) is 6.77. The molecule has 0 radical (unpaired) electrons. The molecule has 23 heavy (non-hydrogen) atoms. The molecule has 3 aromatic rings. The normalized spacial score (nSPS) is 10.5. The summed E-state index contributed by atoms with van der Waals surface area (Å²) >= 11 is 0. The highest BCUT2D eigenvalue weighted by molar-refractivity contribution is 5.68. The summed E-state index contributed by atoms with van der Waals surface area (Å²) in [4.78, 5) is 19.9. The van der Waals surface area contributed by atoms with Gasteiger partial charge in [-0.2, -0.15) is 4.98 Å². The maximum absolute atomic E-state index is 11.7. The molecule has 0 aliphatic heterocycles. The Morgan fingerprint density at radius 1 is 1.22 bits per heavy atom. The fourth-order valence-corrected chi connectivity index (χ4v) is 2.13. The first kappa shape index (κ1) is 14.8. The summed E-state index contributed by atoms with van der Waals surface area (Å²) in [5.74, 6) is 1.73. The van der Waals surface area contributed by atoms with Crippen LogP contribution in [0.1, 0.15) is 5.89 Å². The van der Waals surface area contributed by atoms with Crippen LogP contribution in [-0.4, -0.2) is 33.9 Å². The van der Waals surface area contributed by atoms with Gasteiger partial charge in [0, 0.05) is 12.3 Å². The van der Waals surface area contributed by atoms with E-state index in [0.29, 0.717) is 28.8 Å². The second-order valence-corrected chi connectivity index (χ2v) is 4.60. The molecule has 0 atom stereocenters. The van der Waals surface area contributed by atoms with Gasteiger partial charge in [-0.25, -0.2) is 4.98 Å². The van der Waals surface area contributed by atoms with Gasteiger partial charge in [-0.3, -0.25) is 9.36 Å². The first-order chi connectivity index (χ1) is 11.2. The van der Waals surface area contributed by atoms with Crippen molar-refractivity contribution in [1.82, 2.24) is 19.7 Å². The molecule has 118 valence electrons. The monoisotopic (exact) mass is 314 g/mol. The van der Waals surface area contributed by atoms with Gasteiger partial charge in [-0.15, -0.1) is 0 Å². The van der Waals surface area contributed by atoms with E-state index in [1.54, 1.807) is 25.3 Å². The lowest BCUT2D eigenvalue weighted by atomic mass is 10.1. The molecule has 2 heterocycles. The van der Waals surface area contributed by atoms with Crippen molar-refractivity contribution in [3.8, 4) is 22.9 Å². The van der Waals surface area contributed by atoms with E-state index in [9.17, 15) is 4.79 Å². The van der Waals surface area contributed by atoms with Gasteiger partial charge in [0.2, 0.25) is 11.7 Å². The molecule has 1 aromatic carbocycles. The Kier molecular flexibility index (Phi) is 4.05. The van der Waals surface area contributed by atoms with Crippen molar-refractivity contribution < 1.29 is 14.0 Å². The van der Waals surface area contributed by atoms with Crippen LogP contribution in [0, 0.1) is 0 Å². The summed E-state index contributed by atoms with van der Waals surface area (Å²) in [6.45, 7) is 0.145. The molecule has 0 amide bonds. The summed E-state index contributed by atoms with van der Waals surface area (Å²) in [6.07, 6.45) is 2.84. The van der Waals surface area contributed by atoms with Crippen molar-refractivity contribution in [3.63, 3.8) is 0 Å². The molecule has 0 fully saturated rings. The molecule has 8 heteroatoms. The minimum Gasteiger partial charge on any atom is -0.493 e. The average molecular weight is 314 g/mol. The van der Waals surface area contributed by atoms with E-state index in [-0.39, 0.29) is 12.1 Å². The van der Waals surface area contributed by atoms with Gasteiger partial charge >= 0.3 is 0 Å². The minimum atomic E-state index is -0.196. The van der Waals surface area contributed by atoms with Crippen molar-refractivity contribution >= 4 is 0 Å². The molecule has 0 N–H and O–H groups in total. The number of aromatic nitrogens is 4. The highest BCUT2D eigenvalue weighted by Crippen LogP contribution is 2.36. The lowest BCUT2D eigenvalue weighted by Gasteiger charge is -2.09. The zero-order valence-electron chi connectivity index (χ0n) is 12.6. The summed E-state index contributed by atoms with van der Waals surface area (Å²) < 4.78 is 17.2. The zero-order valence-corrected chi connectivity index (χ0v) is 12.6. The molecule has 0 unspecified atom stereocenters. The molecule has 0 saturated carbocycles. The Hall–Kier alpha value is -3.16. The van der Waals surface area contributed by atoms with Crippen LogP contribution in [0.25, 0.3) is 11.4 Å². The number of nitrogens with zero attached hydrogens (tertiary/aromatic N) is 4. The third kappa shape index (κ3) is 2.91. The molecule has 2 aromatic heterocycles. The fraction of sp³-hybridized carbons (Fsp3) is 0.200. The van der Waals surface area contributed by atoms with E-state index in [0.717, 1.165) is 0 Å². The summed E-state index contributed by atoms with van der Waals surface area (Å²) in [5.41, 5.74) is 0.444. The topological polar surface area (TPSA) is 92.3 Å². The van der Waals surface area contributed by atoms with Crippen molar-refractivity contribution in [1.29, 1.82) is 0 Å². The highest BCUT2D eigenvalue weighted by Gasteiger charge is 2.17. The van der Waals surface area contributed by atoms with Crippen LogP contribution in [0.3, 0.4) is 0 Å². The SMILES string of the molecule is COc1cccc(-c2noc(Cn3cnccc3=O)n2)c1OC. The van der Waals surface area contributed by atoms with E-state index >= 15 is 0 Å². The quantitative estimate of drug-likeness (QED) is 0.702. The predicted molar refractivity (Wildman–Crippen MR) is 80.4 cm³/mol. The highest BCUT2D eigenvalue weighted by atomic mass is 16.5. The van der Waals surface area contributed by atoms with Gasteiger partial charge in [0.15, 0.2) is 11.5 Å². The van der Waals surface area contributed by atoms with E-state index < -0.39 is 0 Å². The van der Waals surface area contributed by atoms with Crippen LogP contribution in [-0.2, 0) is 6.54 Å². The molecule has 8 nitrogen and oxygen atoms in total. The average Bonchev–Trinajstić information content (AvgIpc) is 3.04. The number of hydrogen-bond acceptors (Lipinski definition) is 7. The maximum Gasteiger partial charge on any atom is 0.253 e. The standard InChI is InChI=1S/C15H14N4O4/c1-21-11-5-3-4-10(14(11)22-2)15-17-12(23-18-15)8-19-9-16-7-6-13(19)20/h3-7,9H,8H2,1-2H3. The van der Waals surface area contributed by atoms with Gasteiger partial charge in [0.05, 0.1) is 26.1 Å². The zero-order chi connectivity index (χ0) is 16.2. The third-order valence-corrected chi connectivity index (χ3v) is 3.21. The first-order valence-electron chi connectivity index (χ1n) is 6.77. The van der Waals surface area contributed by atoms with Crippen LogP contribution in [0.2, 0.25) is 0 Å². The van der Waals surface area contributed by atoms with Crippen molar-refractivity contribution in [3.05, 3.63) is 53.0 Å². The number of hydrogen-bond donors (Lipinski definition) is 0. The molecular formula is C15H14N4O4. The molecular weight excluding hydrogens is 300 g/mol. The Morgan fingerprint density at radius 3 is 2.83 bits per heavy atom. The second kappa shape index (κ2) is 6.30. The van der Waals surface area contributed by atoms with Crippen LogP contribution in [0.15, 0.2) is 46.1 Å². The minimum absolute atomic E-state index is 0.145. The lowest BCUT2D eigenvalue weighted by molar-refractivity contribution is 0.354.